The van der Waals surface area contributed by atoms with E-state index in [0.717, 1.165) is 17.7 Å². The first-order valence-electron chi connectivity index (χ1n) is 10.9. The van der Waals surface area contributed by atoms with Crippen LogP contribution >= 0.6 is 31.9 Å². The van der Waals surface area contributed by atoms with Gasteiger partial charge in [-0.15, -0.1) is 0 Å². The molecule has 0 spiro atoms. The van der Waals surface area contributed by atoms with Crippen LogP contribution in [0.4, 0.5) is 17.6 Å². The molecule has 12 heteroatoms. The molecule has 1 unspecified atom stereocenters. The molecular weight excluding hydrogens is 638 g/mol. The number of primary amides is 2. The number of hydrogen-bond acceptors (Lipinski definition) is 4. The maximum absolute atomic E-state index is 14.0. The minimum Gasteiger partial charge on any atom is -0.374 e. The van der Waals surface area contributed by atoms with Crippen LogP contribution in [0.2, 0.25) is 0 Å². The molecule has 0 bridgehead atoms. The predicted octanol–water partition coefficient (Wildman–Crippen LogP) is 6.43. The second-order valence-electron chi connectivity index (χ2n) is 8.46. The van der Waals surface area contributed by atoms with E-state index in [1.807, 2.05) is 19.1 Å². The summed E-state index contributed by atoms with van der Waals surface area (Å²) in [5.74, 6) is -1.73. The van der Waals surface area contributed by atoms with Crippen LogP contribution in [0.1, 0.15) is 49.4 Å². The Hall–Kier alpha value is -3.25. The zero-order chi connectivity index (χ0) is 28.4. The van der Waals surface area contributed by atoms with Gasteiger partial charge in [0.25, 0.3) is 5.60 Å². The number of oxime groups is 1. The molecule has 1 atom stereocenters. The van der Waals surface area contributed by atoms with Gasteiger partial charge in [0, 0.05) is 23.1 Å². The fourth-order valence-corrected chi connectivity index (χ4v) is 5.00. The highest BCUT2D eigenvalue weighted by molar-refractivity contribution is 9.11. The summed E-state index contributed by atoms with van der Waals surface area (Å²) < 4.78 is 55.6. The molecular formula is C26H21Br2F4N3O3. The lowest BCUT2D eigenvalue weighted by Crippen LogP contribution is -2.42. The second kappa shape index (κ2) is 11.2. The number of benzene rings is 3. The van der Waals surface area contributed by atoms with Gasteiger partial charge in [-0.3, -0.25) is 9.59 Å². The lowest BCUT2D eigenvalue weighted by Gasteiger charge is -2.29. The van der Waals surface area contributed by atoms with Gasteiger partial charge in [-0.05, 0) is 92.7 Å². The monoisotopic (exact) mass is 657 g/mol. The smallest absolute Gasteiger partial charge is 0.374 e. The molecule has 0 fully saturated rings. The van der Waals surface area contributed by atoms with Crippen molar-refractivity contribution < 1.29 is 32.0 Å². The van der Waals surface area contributed by atoms with Crippen molar-refractivity contribution in [3.8, 4) is 0 Å². The van der Waals surface area contributed by atoms with Gasteiger partial charge in [0.2, 0.25) is 11.8 Å². The topological polar surface area (TPSA) is 108 Å². The Kier molecular flexibility index (Phi) is 8.67. The molecule has 0 aliphatic carbocycles. The fraction of sp³-hybridized carbons (Fsp3) is 0.192. The van der Waals surface area contributed by atoms with E-state index in [1.165, 1.54) is 18.2 Å². The van der Waals surface area contributed by atoms with Crippen molar-refractivity contribution in [3.05, 3.63) is 103 Å². The second-order valence-corrected chi connectivity index (χ2v) is 10.2. The standard InChI is InChI=1S/C18H12Br2F4N2O2.C8H9NO/c1-8-4-9(2-3-11(8)16(25)27)14-7-17(28-26-14,18(22,23)24)10-5-12(19)15(21)13(20)6-10;1-6-4-2-3-5-7(6)8(9)10/h2-6H,7H2,1H3,(H2,25,27);2-5H,1H3,(H2,9,10). The van der Waals surface area contributed by atoms with Crippen LogP contribution in [-0.4, -0.2) is 23.7 Å². The first kappa shape index (κ1) is 29.3. The molecule has 4 N–H and O–H groups in total. The Morgan fingerprint density at radius 1 is 0.921 bits per heavy atom. The lowest BCUT2D eigenvalue weighted by atomic mass is 9.86. The van der Waals surface area contributed by atoms with E-state index < -0.39 is 29.9 Å². The predicted molar refractivity (Wildman–Crippen MR) is 141 cm³/mol. The summed E-state index contributed by atoms with van der Waals surface area (Å²) in [7, 11) is 0. The normalized spacial score (nSPS) is 16.7. The minimum absolute atomic E-state index is 0.0491. The fourth-order valence-electron chi connectivity index (χ4n) is 3.82. The van der Waals surface area contributed by atoms with Crippen molar-refractivity contribution in [2.24, 2.45) is 16.6 Å². The highest BCUT2D eigenvalue weighted by Gasteiger charge is 2.62. The molecule has 0 saturated heterocycles. The van der Waals surface area contributed by atoms with Gasteiger partial charge in [-0.2, -0.15) is 13.2 Å². The zero-order valence-electron chi connectivity index (χ0n) is 20.0. The Bertz CT molecular complexity index is 1420. The van der Waals surface area contributed by atoms with Gasteiger partial charge in [0.1, 0.15) is 0 Å². The van der Waals surface area contributed by atoms with Gasteiger partial charge in [0.05, 0.1) is 14.7 Å². The zero-order valence-corrected chi connectivity index (χ0v) is 23.2. The highest BCUT2D eigenvalue weighted by Crippen LogP contribution is 2.50. The Labute approximate surface area is 232 Å². The van der Waals surface area contributed by atoms with Gasteiger partial charge in [-0.25, -0.2) is 4.39 Å². The van der Waals surface area contributed by atoms with Crippen LogP contribution in [0.5, 0.6) is 0 Å². The molecule has 38 heavy (non-hydrogen) atoms. The van der Waals surface area contributed by atoms with E-state index in [4.69, 9.17) is 16.3 Å². The lowest BCUT2D eigenvalue weighted by molar-refractivity contribution is -0.275. The first-order valence-corrected chi connectivity index (χ1v) is 12.5. The molecule has 3 aromatic carbocycles. The van der Waals surface area contributed by atoms with Crippen LogP contribution in [0.25, 0.3) is 0 Å². The van der Waals surface area contributed by atoms with Crippen molar-refractivity contribution in [3.63, 3.8) is 0 Å². The van der Waals surface area contributed by atoms with Crippen LogP contribution in [-0.2, 0) is 10.4 Å². The number of rotatable bonds is 4. The van der Waals surface area contributed by atoms with Crippen LogP contribution in [0.15, 0.2) is 68.7 Å². The molecule has 6 nitrogen and oxygen atoms in total. The average molecular weight is 659 g/mol. The Balaban J connectivity index is 0.000000336. The number of carbonyl (C=O) groups is 2. The van der Waals surface area contributed by atoms with Crippen molar-refractivity contribution >= 4 is 49.4 Å². The van der Waals surface area contributed by atoms with Crippen LogP contribution in [0.3, 0.4) is 0 Å². The third kappa shape index (κ3) is 5.91. The quantitative estimate of drug-likeness (QED) is 0.249. The summed E-state index contributed by atoms with van der Waals surface area (Å²) in [5.41, 5.74) is 9.97. The van der Waals surface area contributed by atoms with Crippen LogP contribution in [0, 0.1) is 19.7 Å². The molecule has 4 rings (SSSR count). The number of alkyl halides is 3. The minimum atomic E-state index is -4.82. The van der Waals surface area contributed by atoms with Crippen molar-refractivity contribution in [2.45, 2.75) is 32.0 Å². The SMILES string of the molecule is Cc1cc(C2=NOC(c3cc(Br)c(F)c(Br)c3)(C(F)(F)F)C2)ccc1C(N)=O.Cc1ccccc1C(N)=O. The summed E-state index contributed by atoms with van der Waals surface area (Å²) in [6, 6.07) is 13.7. The number of halogens is 6. The maximum atomic E-state index is 14.0. The number of amides is 2. The number of aryl methyl sites for hydroxylation is 2. The Morgan fingerprint density at radius 2 is 1.47 bits per heavy atom. The average Bonchev–Trinajstić information content (AvgIpc) is 3.30. The number of carbonyl (C=O) groups excluding carboxylic acids is 2. The molecule has 1 aliphatic rings. The third-order valence-corrected chi connectivity index (χ3v) is 7.03. The number of nitrogens with zero attached hydrogens (tertiary/aromatic N) is 1. The van der Waals surface area contributed by atoms with Crippen molar-refractivity contribution in [1.82, 2.24) is 0 Å². The van der Waals surface area contributed by atoms with Gasteiger partial charge in [0.15, 0.2) is 5.82 Å². The van der Waals surface area contributed by atoms with Gasteiger partial charge < -0.3 is 16.3 Å². The molecule has 3 aromatic rings. The Morgan fingerprint density at radius 3 is 1.95 bits per heavy atom. The van der Waals surface area contributed by atoms with Gasteiger partial charge >= 0.3 is 6.18 Å². The van der Waals surface area contributed by atoms with E-state index in [9.17, 15) is 27.2 Å². The van der Waals surface area contributed by atoms with E-state index in [0.29, 0.717) is 16.7 Å². The van der Waals surface area contributed by atoms with Crippen molar-refractivity contribution in [2.75, 3.05) is 0 Å². The van der Waals surface area contributed by atoms with Gasteiger partial charge in [-0.1, -0.05) is 29.4 Å². The largest absolute Gasteiger partial charge is 0.435 e. The number of hydrogen-bond donors (Lipinski definition) is 2. The molecule has 1 heterocycles. The van der Waals surface area contributed by atoms with E-state index in [2.05, 4.69) is 37.0 Å². The first-order chi connectivity index (χ1) is 17.7. The molecule has 0 saturated carbocycles. The summed E-state index contributed by atoms with van der Waals surface area (Å²) in [6.45, 7) is 3.48. The summed E-state index contributed by atoms with van der Waals surface area (Å²) in [4.78, 5) is 26.9. The van der Waals surface area contributed by atoms with Crippen molar-refractivity contribution in [1.29, 1.82) is 0 Å². The number of nitrogens with two attached hydrogens (primary N) is 2. The highest BCUT2D eigenvalue weighted by atomic mass is 79.9. The van der Waals surface area contributed by atoms with E-state index in [1.54, 1.807) is 19.1 Å². The molecule has 1 aliphatic heterocycles. The summed E-state index contributed by atoms with van der Waals surface area (Å²) in [6.07, 6.45) is -5.44. The maximum Gasteiger partial charge on any atom is 0.435 e. The molecule has 0 radical (unpaired) electrons. The molecule has 200 valence electrons. The van der Waals surface area contributed by atoms with E-state index in [-0.39, 0.29) is 31.7 Å². The third-order valence-electron chi connectivity index (χ3n) is 5.87. The van der Waals surface area contributed by atoms with Crippen LogP contribution < -0.4 is 11.5 Å². The molecule has 0 aromatic heterocycles. The summed E-state index contributed by atoms with van der Waals surface area (Å²) >= 11 is 5.83. The summed E-state index contributed by atoms with van der Waals surface area (Å²) in [5, 5.41) is 3.66. The van der Waals surface area contributed by atoms with E-state index >= 15 is 0 Å². The molecule has 2 amide bonds.